The van der Waals surface area contributed by atoms with E-state index < -0.39 is 0 Å². The lowest BCUT2D eigenvalue weighted by Crippen LogP contribution is -2.12. The molecule has 0 radical (unpaired) electrons. The molecule has 496 valence electrons. The monoisotopic (exact) mass is 1400 g/mol. The van der Waals surface area contributed by atoms with Crippen molar-refractivity contribution < 1.29 is 0 Å². The zero-order chi connectivity index (χ0) is 69.8. The normalized spacial score (nSPS) is 13.4. The number of anilines is 3. The van der Waals surface area contributed by atoms with Gasteiger partial charge in [0.15, 0.2) is 0 Å². The van der Waals surface area contributed by atoms with Crippen LogP contribution in [0.3, 0.4) is 0 Å². The summed E-state index contributed by atoms with van der Waals surface area (Å²) in [5.41, 5.74) is 15.7. The molecule has 1 nitrogen and oxygen atoms in total. The van der Waals surface area contributed by atoms with Gasteiger partial charge >= 0.3 is 0 Å². The molecule has 20 aromatic rings. The van der Waals surface area contributed by atoms with Gasteiger partial charge in [-0.15, -0.1) is 34.4 Å². The maximum atomic E-state index is 2.60. The van der Waals surface area contributed by atoms with E-state index in [1.165, 1.54) is 171 Å². The first-order chi connectivity index (χ1) is 52.6. The van der Waals surface area contributed by atoms with Gasteiger partial charge in [-0.2, -0.15) is 0 Å². The van der Waals surface area contributed by atoms with Gasteiger partial charge in [0.25, 0.3) is 0 Å². The fourth-order valence-corrected chi connectivity index (χ4v) is 20.5. The van der Waals surface area contributed by atoms with Gasteiger partial charge in [-0.05, 0) is 214 Å². The number of fused-ring (bicyclic) bond motifs is 12. The van der Waals surface area contributed by atoms with Gasteiger partial charge in [0.2, 0.25) is 0 Å². The lowest BCUT2D eigenvalue weighted by molar-refractivity contribution is 1.04. The average Bonchev–Trinajstić information content (AvgIpc) is 0.816. The smallest absolute Gasteiger partial charge is 0.0540 e. The van der Waals surface area contributed by atoms with Gasteiger partial charge in [0, 0.05) is 45.5 Å². The van der Waals surface area contributed by atoms with Crippen molar-refractivity contribution in [3.8, 4) is 33.4 Å². The first kappa shape index (κ1) is 62.2. The molecule has 0 bridgehead atoms. The van der Waals surface area contributed by atoms with Crippen molar-refractivity contribution in [1.82, 2.24) is 0 Å². The van der Waals surface area contributed by atoms with Crippen LogP contribution in [0.15, 0.2) is 351 Å². The van der Waals surface area contributed by atoms with Crippen LogP contribution in [-0.2, 0) is 6.42 Å². The maximum Gasteiger partial charge on any atom is 0.0540 e. The largest absolute Gasteiger partial charge is 0.309 e. The highest BCUT2D eigenvalue weighted by molar-refractivity contribution is 8.00. The molecule has 0 fully saturated rings. The van der Waals surface area contributed by atoms with E-state index in [-0.39, 0.29) is 0 Å². The van der Waals surface area contributed by atoms with Crippen molar-refractivity contribution in [3.05, 3.63) is 378 Å². The molecule has 0 spiro atoms. The van der Waals surface area contributed by atoms with Crippen molar-refractivity contribution in [1.29, 1.82) is 0 Å². The van der Waals surface area contributed by atoms with E-state index in [0.717, 1.165) is 39.6 Å². The Balaban J connectivity index is 0.783. The molecule has 18 aromatic carbocycles. The van der Waals surface area contributed by atoms with Gasteiger partial charge in [-0.3, -0.25) is 0 Å². The van der Waals surface area contributed by atoms with Crippen LogP contribution in [0.5, 0.6) is 0 Å². The zero-order valence-electron chi connectivity index (χ0n) is 57.8. The van der Waals surface area contributed by atoms with Crippen molar-refractivity contribution >= 4 is 199 Å². The molecule has 4 heteroatoms. The van der Waals surface area contributed by atoms with E-state index in [2.05, 4.69) is 381 Å². The summed E-state index contributed by atoms with van der Waals surface area (Å²) in [7, 11) is 0. The first-order valence-electron chi connectivity index (χ1n) is 36.5. The van der Waals surface area contributed by atoms with Crippen LogP contribution in [0.25, 0.3) is 181 Å². The standard InChI is InChI=1S/C102H65NS3/c1-22-46-97-64(25-1)61-67(104-97)49-52-79-70-28-7-16-40-85(70)100(86-41-17-8-29-71(79)86)91-55-58-94(82-37-13-4-34-76(82)91)103(95-59-56-92(77-35-5-14-38-83(77)95)101-87-42-18-9-30-72(87)80(73-31-10-19-43-88(73)101)53-50-68-62-65-26-2-23-47-98(65)105-68)96-60-57-93(78-36-6-15-39-84(78)96)102-89-44-20-11-32-74(89)81(75-33-12-21-45-90(75)102)54-51-69-63-66-27-3-24-48-99(66)106-69/h1-62,69H,63H2/b52-49+,53-50+,54-51+. The molecule has 0 N–H and O–H groups in total. The Morgan fingerprint density at radius 1 is 0.255 bits per heavy atom. The molecular formula is C102H65NS3. The third-order valence-corrected chi connectivity index (χ3v) is 25.5. The van der Waals surface area contributed by atoms with Crippen LogP contribution in [-0.4, -0.2) is 5.25 Å². The summed E-state index contributed by atoms with van der Waals surface area (Å²) in [4.78, 5) is 6.47. The van der Waals surface area contributed by atoms with Crippen LogP contribution in [0, 0.1) is 0 Å². The van der Waals surface area contributed by atoms with E-state index in [1.807, 2.05) is 34.4 Å². The molecule has 0 saturated carbocycles. The molecule has 0 amide bonds. The molecule has 1 atom stereocenters. The molecule has 106 heavy (non-hydrogen) atoms. The maximum absolute atomic E-state index is 2.60. The van der Waals surface area contributed by atoms with E-state index in [0.29, 0.717) is 5.25 Å². The van der Waals surface area contributed by atoms with E-state index >= 15 is 0 Å². The zero-order valence-corrected chi connectivity index (χ0v) is 60.2. The highest BCUT2D eigenvalue weighted by Crippen LogP contribution is 2.53. The van der Waals surface area contributed by atoms with E-state index in [4.69, 9.17) is 0 Å². The molecule has 1 aliphatic rings. The molecular weight excluding hydrogens is 1340 g/mol. The Labute approximate surface area is 626 Å². The fourth-order valence-electron chi connectivity index (χ4n) is 17.4. The average molecular weight is 1400 g/mol. The third kappa shape index (κ3) is 10.3. The number of rotatable bonds is 12. The number of hydrogen-bond acceptors (Lipinski definition) is 4. The third-order valence-electron chi connectivity index (χ3n) is 22.0. The van der Waals surface area contributed by atoms with Crippen molar-refractivity contribution in [2.24, 2.45) is 0 Å². The summed E-state index contributed by atoms with van der Waals surface area (Å²) in [6.07, 6.45) is 15.2. The summed E-state index contributed by atoms with van der Waals surface area (Å²) in [5.74, 6) is 0. The van der Waals surface area contributed by atoms with Crippen molar-refractivity contribution in [2.75, 3.05) is 4.90 Å². The summed E-state index contributed by atoms with van der Waals surface area (Å²) < 4.78 is 2.59. The van der Waals surface area contributed by atoms with Gasteiger partial charge in [0.05, 0.1) is 17.1 Å². The number of nitrogens with zero attached hydrogens (tertiary/aromatic N) is 1. The molecule has 21 rings (SSSR count). The minimum absolute atomic E-state index is 0.367. The number of hydrogen-bond donors (Lipinski definition) is 0. The summed E-state index contributed by atoms with van der Waals surface area (Å²) >= 11 is 5.66. The van der Waals surface area contributed by atoms with Gasteiger partial charge in [0.1, 0.15) is 0 Å². The van der Waals surface area contributed by atoms with Crippen LogP contribution in [0.2, 0.25) is 0 Å². The Bertz CT molecular complexity index is 6570. The topological polar surface area (TPSA) is 3.24 Å². The van der Waals surface area contributed by atoms with Gasteiger partial charge < -0.3 is 4.90 Å². The molecule has 1 aliphatic heterocycles. The lowest BCUT2D eigenvalue weighted by atomic mass is 9.85. The summed E-state index contributed by atoms with van der Waals surface area (Å²) in [5, 5.41) is 24.7. The summed E-state index contributed by atoms with van der Waals surface area (Å²) in [6, 6.07) is 127. The second kappa shape index (κ2) is 25.8. The molecule has 2 aromatic heterocycles. The van der Waals surface area contributed by atoms with E-state index in [9.17, 15) is 0 Å². The molecule has 0 saturated heterocycles. The summed E-state index contributed by atoms with van der Waals surface area (Å²) in [6.45, 7) is 0. The van der Waals surface area contributed by atoms with Crippen LogP contribution in [0.1, 0.15) is 32.0 Å². The highest BCUT2D eigenvalue weighted by atomic mass is 32.2. The second-order valence-electron chi connectivity index (χ2n) is 27.9. The Hall–Kier alpha value is -12.4. The Morgan fingerprint density at radius 2 is 0.547 bits per heavy atom. The predicted molar refractivity (Wildman–Crippen MR) is 465 cm³/mol. The molecule has 1 unspecified atom stereocenters. The quantitative estimate of drug-likeness (QED) is 0.112. The SMILES string of the molecule is C(=C\c1c2ccccc2c(-c2ccc(N(c3ccc(-c4c5ccccc5c(/C=C/c5cc6ccccc6s5)c5ccccc45)c4ccccc34)c3ccc(-c4c5ccccc5c(/C=C/C5Cc6ccccc6S5)c5ccccc45)c4ccccc34)c3ccccc23)c2ccccc12)/c1cc2ccccc2s1. The van der Waals surface area contributed by atoms with Crippen molar-refractivity contribution in [2.45, 2.75) is 16.6 Å². The molecule has 3 heterocycles. The minimum atomic E-state index is 0.367. The first-order valence-corrected chi connectivity index (χ1v) is 39.0. The van der Waals surface area contributed by atoms with Crippen LogP contribution >= 0.6 is 34.4 Å². The minimum Gasteiger partial charge on any atom is -0.309 e. The number of benzene rings is 18. The second-order valence-corrected chi connectivity index (χ2v) is 31.4. The Kier molecular flexibility index (Phi) is 15.1. The number of thiophene rings is 2. The predicted octanol–water partition coefficient (Wildman–Crippen LogP) is 30.0. The van der Waals surface area contributed by atoms with Crippen LogP contribution in [0.4, 0.5) is 17.1 Å². The van der Waals surface area contributed by atoms with Gasteiger partial charge in [-0.1, -0.05) is 315 Å². The number of thioether (sulfide) groups is 1. The van der Waals surface area contributed by atoms with Crippen LogP contribution < -0.4 is 4.90 Å². The molecule has 0 aliphatic carbocycles. The lowest BCUT2D eigenvalue weighted by Gasteiger charge is -2.31. The van der Waals surface area contributed by atoms with Crippen molar-refractivity contribution in [3.63, 3.8) is 0 Å². The fraction of sp³-hybridized carbons (Fsp3) is 0.0196. The van der Waals surface area contributed by atoms with E-state index in [1.54, 1.807) is 0 Å². The van der Waals surface area contributed by atoms with Gasteiger partial charge in [-0.25, -0.2) is 0 Å². The Morgan fingerprint density at radius 3 is 0.896 bits per heavy atom. The highest BCUT2D eigenvalue weighted by Gasteiger charge is 2.28.